The standard InChI is InChI=1S/C34H31N3.C11H8N.Ir/c1-21-15-23(3)33-28-17-22(2)16-27-26-19-25(13-14-29(26)37(34(27)28)32(33)18-21)36-20-35(24-9-5-4-6-10-24)30-11-7-8-12-31(30)36;1-2-6-10(7-3-1)11-8-4-5-9-12-11;/h7-8,11-12,14-20,24H,4-6,9-10H2,1-3H3;1-6,8-9H;/q-2;-1;+3. The van der Waals surface area contributed by atoms with E-state index in [9.17, 15) is 0 Å². The molecule has 10 rings (SSSR count). The fraction of sp³-hybridized carbons (Fsp3) is 0.200. The predicted molar refractivity (Wildman–Crippen MR) is 205 cm³/mol. The molecule has 1 aliphatic heterocycles. The number of hydrogen-bond donors (Lipinski definition) is 0. The second kappa shape index (κ2) is 13.2. The van der Waals surface area contributed by atoms with Crippen LogP contribution < -0.4 is 9.80 Å². The van der Waals surface area contributed by atoms with E-state index in [0.29, 0.717) is 6.04 Å². The largest absolute Gasteiger partial charge is 3.00 e. The minimum Gasteiger partial charge on any atom is -0.499 e. The van der Waals surface area contributed by atoms with Crippen molar-refractivity contribution < 1.29 is 20.1 Å². The normalized spacial score (nSPS) is 14.7. The second-order valence-electron chi connectivity index (χ2n) is 13.8. The fourth-order valence-electron chi connectivity index (χ4n) is 8.32. The van der Waals surface area contributed by atoms with Gasteiger partial charge in [0.2, 0.25) is 0 Å². The van der Waals surface area contributed by atoms with Crippen LogP contribution in [0.15, 0.2) is 109 Å². The van der Waals surface area contributed by atoms with Crippen LogP contribution in [-0.2, 0) is 20.1 Å². The molecule has 2 aliphatic rings. The number of nitrogens with zero attached hydrogens (tertiary/aromatic N) is 4. The number of anilines is 3. The molecule has 0 bridgehead atoms. The van der Waals surface area contributed by atoms with Gasteiger partial charge >= 0.3 is 20.1 Å². The maximum Gasteiger partial charge on any atom is 3.00 e. The summed E-state index contributed by atoms with van der Waals surface area (Å²) in [6, 6.07) is 43.9. The zero-order valence-electron chi connectivity index (χ0n) is 28.7. The summed E-state index contributed by atoms with van der Waals surface area (Å²) in [6.45, 7) is 9.01. The smallest absolute Gasteiger partial charge is 0.499 e. The molecule has 0 unspecified atom stereocenters. The van der Waals surface area contributed by atoms with Gasteiger partial charge in [-0.3, -0.25) is 0 Å². The fourth-order valence-corrected chi connectivity index (χ4v) is 8.32. The molecule has 1 aliphatic carbocycles. The van der Waals surface area contributed by atoms with Gasteiger partial charge in [0.05, 0.1) is 0 Å². The van der Waals surface area contributed by atoms with E-state index in [2.05, 4.69) is 119 Å². The number of rotatable bonds is 3. The van der Waals surface area contributed by atoms with E-state index in [4.69, 9.17) is 0 Å². The van der Waals surface area contributed by atoms with E-state index < -0.39 is 0 Å². The van der Waals surface area contributed by atoms with Gasteiger partial charge in [-0.2, -0.15) is 18.8 Å². The first kappa shape index (κ1) is 32.5. The Morgan fingerprint density at radius 1 is 0.720 bits per heavy atom. The molecule has 0 radical (unpaired) electrons. The van der Waals surface area contributed by atoms with Crippen molar-refractivity contribution in [2.45, 2.75) is 58.9 Å². The summed E-state index contributed by atoms with van der Waals surface area (Å²) >= 11 is 0. The van der Waals surface area contributed by atoms with Crippen LogP contribution in [0.3, 0.4) is 0 Å². The van der Waals surface area contributed by atoms with Crippen molar-refractivity contribution in [1.82, 2.24) is 9.38 Å². The third-order valence-electron chi connectivity index (χ3n) is 10.4. The average molecular weight is 828 g/mol. The zero-order valence-corrected chi connectivity index (χ0v) is 31.1. The summed E-state index contributed by atoms with van der Waals surface area (Å²) in [5, 5.41) is 5.39. The third-order valence-corrected chi connectivity index (χ3v) is 10.4. The van der Waals surface area contributed by atoms with Gasteiger partial charge < -0.3 is 19.2 Å². The van der Waals surface area contributed by atoms with Crippen molar-refractivity contribution in [3.63, 3.8) is 0 Å². The molecule has 4 heterocycles. The molecule has 0 amide bonds. The van der Waals surface area contributed by atoms with Crippen molar-refractivity contribution in [3.05, 3.63) is 145 Å². The molecule has 50 heavy (non-hydrogen) atoms. The summed E-state index contributed by atoms with van der Waals surface area (Å²) in [5.74, 6) is 0. The van der Waals surface area contributed by atoms with Gasteiger partial charge in [-0.1, -0.05) is 61.2 Å². The van der Waals surface area contributed by atoms with Crippen LogP contribution in [0.2, 0.25) is 0 Å². The van der Waals surface area contributed by atoms with Gasteiger partial charge in [-0.25, -0.2) is 0 Å². The van der Waals surface area contributed by atoms with E-state index >= 15 is 0 Å². The van der Waals surface area contributed by atoms with Crippen LogP contribution in [0.25, 0.3) is 49.4 Å². The first-order chi connectivity index (χ1) is 24.0. The van der Waals surface area contributed by atoms with Gasteiger partial charge in [-0.05, 0) is 91.7 Å². The summed E-state index contributed by atoms with van der Waals surface area (Å²) in [6.07, 6.45) is 8.36. The summed E-state index contributed by atoms with van der Waals surface area (Å²) in [7, 11) is 0. The summed E-state index contributed by atoms with van der Waals surface area (Å²) < 4.78 is 2.48. The Hall–Kier alpha value is -4.70. The van der Waals surface area contributed by atoms with Gasteiger partial charge in [0.25, 0.3) is 0 Å². The monoisotopic (exact) mass is 828 g/mol. The predicted octanol–water partition coefficient (Wildman–Crippen LogP) is 11.5. The zero-order chi connectivity index (χ0) is 33.1. The van der Waals surface area contributed by atoms with Gasteiger partial charge in [0.1, 0.15) is 0 Å². The first-order valence-electron chi connectivity index (χ1n) is 17.6. The molecular weight excluding hydrogens is 789 g/mol. The van der Waals surface area contributed by atoms with Crippen molar-refractivity contribution in [1.29, 1.82) is 0 Å². The quantitative estimate of drug-likeness (QED) is 0.166. The Balaban J connectivity index is 0.000000236. The summed E-state index contributed by atoms with van der Waals surface area (Å²) in [4.78, 5) is 9.11. The molecule has 248 valence electrons. The van der Waals surface area contributed by atoms with Crippen molar-refractivity contribution in [2.24, 2.45) is 0 Å². The third kappa shape index (κ3) is 5.44. The number of hydrogen-bond acceptors (Lipinski definition) is 3. The molecule has 5 aromatic carbocycles. The van der Waals surface area contributed by atoms with Crippen molar-refractivity contribution in [3.8, 4) is 11.3 Å². The molecule has 1 fully saturated rings. The van der Waals surface area contributed by atoms with E-state index in [1.54, 1.807) is 6.20 Å². The topological polar surface area (TPSA) is 23.8 Å². The maximum atomic E-state index is 4.22. The Kier molecular flexibility index (Phi) is 8.59. The Morgan fingerprint density at radius 2 is 1.48 bits per heavy atom. The van der Waals surface area contributed by atoms with Crippen LogP contribution in [0.5, 0.6) is 0 Å². The second-order valence-corrected chi connectivity index (χ2v) is 13.8. The number of para-hydroxylation sites is 2. The first-order valence-corrected chi connectivity index (χ1v) is 17.6. The number of aromatic nitrogens is 2. The number of pyridine rings is 1. The minimum absolute atomic E-state index is 0. The molecule has 8 aromatic rings. The Morgan fingerprint density at radius 3 is 2.26 bits per heavy atom. The number of fused-ring (bicyclic) bond motifs is 7. The molecule has 0 atom stereocenters. The van der Waals surface area contributed by atoms with Crippen molar-refractivity contribution >= 4 is 55.2 Å². The molecule has 3 aromatic heterocycles. The van der Waals surface area contributed by atoms with Crippen LogP contribution in [-0.4, -0.2) is 15.4 Å². The maximum absolute atomic E-state index is 4.22. The molecule has 0 spiro atoms. The molecular formula is C45H39IrN4. The van der Waals surface area contributed by atoms with E-state index in [0.717, 1.165) is 16.9 Å². The van der Waals surface area contributed by atoms with Gasteiger partial charge in [0.15, 0.2) is 0 Å². The molecule has 0 N–H and O–H groups in total. The SMILES string of the molecule is Cc1cc2c3cc(N4[CH-]N(C5CCCCC5)c5ccccc54)[c-]cc3n3c4cc(C)cc(C)c4c(c1)c23.[Ir+3].[c-]1ccccc1-c1ccccn1. The van der Waals surface area contributed by atoms with E-state index in [-0.39, 0.29) is 20.1 Å². The van der Waals surface area contributed by atoms with Crippen LogP contribution in [0, 0.1) is 39.6 Å². The van der Waals surface area contributed by atoms with E-state index in [1.807, 2.05) is 42.5 Å². The summed E-state index contributed by atoms with van der Waals surface area (Å²) in [5.41, 5.74) is 13.6. The van der Waals surface area contributed by atoms with Gasteiger partial charge in [0, 0.05) is 45.4 Å². The number of benzene rings is 5. The Bertz CT molecular complexity index is 2410. The van der Waals surface area contributed by atoms with E-state index in [1.165, 1.54) is 98.3 Å². The van der Waals surface area contributed by atoms with Crippen LogP contribution >= 0.6 is 0 Å². The van der Waals surface area contributed by atoms with Gasteiger partial charge in [-0.15, -0.1) is 53.0 Å². The van der Waals surface area contributed by atoms with Crippen molar-refractivity contribution in [2.75, 3.05) is 9.80 Å². The minimum atomic E-state index is 0. The molecule has 4 nitrogen and oxygen atoms in total. The number of aryl methyl sites for hydroxylation is 3. The van der Waals surface area contributed by atoms with Crippen LogP contribution in [0.1, 0.15) is 48.8 Å². The van der Waals surface area contributed by atoms with Crippen LogP contribution in [0.4, 0.5) is 17.1 Å². The molecule has 1 saturated carbocycles. The average Bonchev–Trinajstić information content (AvgIpc) is 3.79. The molecule has 0 saturated heterocycles. The Labute approximate surface area is 308 Å². The molecule has 5 heteroatoms.